The maximum absolute atomic E-state index is 13.4. The number of thioether (sulfide) groups is 1. The number of likely N-dealkylation sites (N-methyl/N-ethyl adjacent to an activating group) is 1. The van der Waals surface area contributed by atoms with Gasteiger partial charge in [-0.25, -0.2) is 0 Å². The second-order valence-electron chi connectivity index (χ2n) is 9.40. The summed E-state index contributed by atoms with van der Waals surface area (Å²) in [7, 11) is 4.79. The van der Waals surface area contributed by atoms with E-state index >= 15 is 0 Å². The van der Waals surface area contributed by atoms with Gasteiger partial charge in [-0.3, -0.25) is 9.78 Å². The smallest absolute Gasteiger partial charge is 0.237 e. The zero-order chi connectivity index (χ0) is 21.1. The minimum atomic E-state index is -0.222. The van der Waals surface area contributed by atoms with Crippen LogP contribution in [0.4, 0.5) is 0 Å². The number of amides is 1. The Balaban J connectivity index is 2.24. The third kappa shape index (κ3) is 5.17. The van der Waals surface area contributed by atoms with Gasteiger partial charge in [-0.1, -0.05) is 33.8 Å². The van der Waals surface area contributed by atoms with Crippen molar-refractivity contribution in [3.05, 3.63) is 30.1 Å². The van der Waals surface area contributed by atoms with Gasteiger partial charge >= 0.3 is 0 Å². The van der Waals surface area contributed by atoms with Gasteiger partial charge in [-0.15, -0.1) is 11.8 Å². The van der Waals surface area contributed by atoms with Gasteiger partial charge in [-0.05, 0) is 44.8 Å². The summed E-state index contributed by atoms with van der Waals surface area (Å²) >= 11 is 1.78. The standard InChI is InChI=1S/C21H37N3O2SSi/c1-15(13-21(5,26-28)20(2,3)4)17-18(25)24(12-11-23(6)7)19(27-17)16-9-8-10-22-14-16/h8-10,14-15,17,19H,11-13H2,1-7,28H3. The molecule has 1 aliphatic rings. The Morgan fingerprint density at radius 1 is 1.36 bits per heavy atom. The summed E-state index contributed by atoms with van der Waals surface area (Å²) in [6, 6.07) is 4.03. The van der Waals surface area contributed by atoms with Gasteiger partial charge in [0, 0.05) is 31.0 Å². The van der Waals surface area contributed by atoms with Crippen LogP contribution in [0.25, 0.3) is 0 Å². The Labute approximate surface area is 178 Å². The lowest BCUT2D eigenvalue weighted by molar-refractivity contribution is -0.131. The lowest BCUT2D eigenvalue weighted by Crippen LogP contribution is -2.45. The summed E-state index contributed by atoms with van der Waals surface area (Å²) in [6.45, 7) is 12.7. The van der Waals surface area contributed by atoms with Crippen LogP contribution < -0.4 is 0 Å². The minimum absolute atomic E-state index is 0.0304. The predicted octanol–water partition coefficient (Wildman–Crippen LogP) is 2.71. The first-order chi connectivity index (χ1) is 13.0. The van der Waals surface area contributed by atoms with Crippen LogP contribution in [0.1, 0.15) is 52.0 Å². The van der Waals surface area contributed by atoms with Gasteiger partial charge in [0.2, 0.25) is 5.91 Å². The molecule has 1 amide bonds. The van der Waals surface area contributed by atoms with Gasteiger partial charge < -0.3 is 14.2 Å². The van der Waals surface area contributed by atoms with E-state index in [1.807, 2.05) is 31.3 Å². The first kappa shape index (κ1) is 23.4. The molecule has 5 nitrogen and oxygen atoms in total. The van der Waals surface area contributed by atoms with E-state index in [0.717, 1.165) is 25.1 Å². The second kappa shape index (κ2) is 9.28. The van der Waals surface area contributed by atoms with E-state index in [9.17, 15) is 4.79 Å². The summed E-state index contributed by atoms with van der Waals surface area (Å²) in [5, 5.41) is -0.0164. The van der Waals surface area contributed by atoms with Crippen molar-refractivity contribution in [2.75, 3.05) is 27.2 Å². The highest BCUT2D eigenvalue weighted by Gasteiger charge is 2.46. The molecule has 7 heteroatoms. The molecule has 2 heterocycles. The predicted molar refractivity (Wildman–Crippen MR) is 121 cm³/mol. The fourth-order valence-electron chi connectivity index (χ4n) is 3.66. The summed E-state index contributed by atoms with van der Waals surface area (Å²) in [6.07, 6.45) is 4.55. The van der Waals surface area contributed by atoms with E-state index in [-0.39, 0.29) is 33.5 Å². The molecule has 0 N–H and O–H groups in total. The number of hydrogen-bond acceptors (Lipinski definition) is 5. The average Bonchev–Trinajstić information content (AvgIpc) is 2.96. The highest BCUT2D eigenvalue weighted by Crippen LogP contribution is 2.48. The molecule has 0 saturated carbocycles. The van der Waals surface area contributed by atoms with Crippen molar-refractivity contribution in [1.29, 1.82) is 0 Å². The molecule has 4 unspecified atom stereocenters. The fourth-order valence-corrected chi connectivity index (χ4v) is 5.99. The van der Waals surface area contributed by atoms with Gasteiger partial charge in [0.1, 0.15) is 15.9 Å². The Kier molecular flexibility index (Phi) is 7.75. The molecule has 1 fully saturated rings. The van der Waals surface area contributed by atoms with Crippen molar-refractivity contribution in [3.63, 3.8) is 0 Å². The van der Waals surface area contributed by atoms with E-state index in [1.165, 1.54) is 0 Å². The maximum atomic E-state index is 13.4. The Morgan fingerprint density at radius 3 is 2.54 bits per heavy atom. The van der Waals surface area contributed by atoms with Crippen LogP contribution in [0.3, 0.4) is 0 Å². The lowest BCUT2D eigenvalue weighted by Gasteiger charge is -2.43. The van der Waals surface area contributed by atoms with E-state index in [1.54, 1.807) is 18.0 Å². The molecular weight excluding hydrogens is 386 g/mol. The highest BCUT2D eigenvalue weighted by molar-refractivity contribution is 8.01. The van der Waals surface area contributed by atoms with Crippen LogP contribution in [0, 0.1) is 11.3 Å². The van der Waals surface area contributed by atoms with Crippen molar-refractivity contribution in [2.24, 2.45) is 11.3 Å². The molecule has 0 aromatic carbocycles. The molecule has 0 radical (unpaired) electrons. The molecule has 28 heavy (non-hydrogen) atoms. The number of hydrogen-bond donors (Lipinski definition) is 0. The van der Waals surface area contributed by atoms with Gasteiger partial charge in [0.05, 0.1) is 10.9 Å². The number of nitrogens with zero attached hydrogens (tertiary/aromatic N) is 3. The molecule has 1 aromatic heterocycles. The molecule has 2 rings (SSSR count). The molecule has 4 atom stereocenters. The van der Waals surface area contributed by atoms with Crippen molar-refractivity contribution in [3.8, 4) is 0 Å². The van der Waals surface area contributed by atoms with E-state index in [2.05, 4.69) is 50.6 Å². The van der Waals surface area contributed by atoms with Gasteiger partial charge in [0.15, 0.2) is 0 Å². The molecule has 1 saturated heterocycles. The van der Waals surface area contributed by atoms with E-state index < -0.39 is 0 Å². The van der Waals surface area contributed by atoms with Crippen LogP contribution >= 0.6 is 11.8 Å². The molecule has 0 spiro atoms. The molecule has 1 aliphatic heterocycles. The largest absolute Gasteiger partial charge is 0.422 e. The Bertz CT molecular complexity index is 653. The summed E-state index contributed by atoms with van der Waals surface area (Å²) in [4.78, 5) is 21.8. The molecule has 158 valence electrons. The van der Waals surface area contributed by atoms with E-state index in [0.29, 0.717) is 10.5 Å². The van der Waals surface area contributed by atoms with Gasteiger partial charge in [-0.2, -0.15) is 0 Å². The molecule has 0 bridgehead atoms. The van der Waals surface area contributed by atoms with Crippen molar-refractivity contribution in [1.82, 2.24) is 14.8 Å². The quantitative estimate of drug-likeness (QED) is 0.602. The van der Waals surface area contributed by atoms with Crippen LogP contribution in [0.2, 0.25) is 0 Å². The average molecular weight is 424 g/mol. The topological polar surface area (TPSA) is 45.7 Å². The zero-order valence-electron chi connectivity index (χ0n) is 18.7. The third-order valence-electron chi connectivity index (χ3n) is 6.11. The Morgan fingerprint density at radius 2 is 2.04 bits per heavy atom. The number of carbonyl (C=O) groups is 1. The SMILES string of the molecule is CC(CC(C)(O[SiH3])C(C)(C)C)C1SC(c2cccnc2)N(CCN(C)C)C1=O. The number of aromatic nitrogens is 1. The molecular formula is C21H37N3O2SSi. The molecule has 0 aliphatic carbocycles. The zero-order valence-corrected chi connectivity index (χ0v) is 21.5. The van der Waals surface area contributed by atoms with Crippen LogP contribution in [-0.2, 0) is 9.22 Å². The number of rotatable bonds is 8. The maximum Gasteiger partial charge on any atom is 0.237 e. The van der Waals surface area contributed by atoms with E-state index in [4.69, 9.17) is 4.43 Å². The third-order valence-corrected chi connectivity index (χ3v) is 8.75. The number of carbonyl (C=O) groups excluding carboxylic acids is 1. The normalized spacial score (nSPS) is 24.0. The number of pyridine rings is 1. The monoisotopic (exact) mass is 423 g/mol. The summed E-state index contributed by atoms with van der Waals surface area (Å²) < 4.78 is 6.07. The first-order valence-corrected chi connectivity index (χ1v) is 11.8. The highest BCUT2D eigenvalue weighted by atomic mass is 32.2. The fraction of sp³-hybridized carbons (Fsp3) is 0.714. The summed E-state index contributed by atoms with van der Waals surface area (Å²) in [5.41, 5.74) is 0.912. The van der Waals surface area contributed by atoms with Crippen LogP contribution in [-0.4, -0.2) is 69.2 Å². The van der Waals surface area contributed by atoms with Crippen molar-refractivity contribution in [2.45, 2.75) is 57.3 Å². The van der Waals surface area contributed by atoms with Crippen molar-refractivity contribution < 1.29 is 9.22 Å². The van der Waals surface area contributed by atoms with Gasteiger partial charge in [0.25, 0.3) is 0 Å². The first-order valence-electron chi connectivity index (χ1n) is 10.1. The van der Waals surface area contributed by atoms with Crippen molar-refractivity contribution >= 4 is 28.2 Å². The van der Waals surface area contributed by atoms with Crippen LogP contribution in [0.15, 0.2) is 24.5 Å². The minimum Gasteiger partial charge on any atom is -0.422 e. The second-order valence-corrected chi connectivity index (χ2v) is 11.0. The van der Waals surface area contributed by atoms with Crippen LogP contribution in [0.5, 0.6) is 0 Å². The Hall–Kier alpha value is -0.893. The molecule has 1 aromatic rings. The lowest BCUT2D eigenvalue weighted by atomic mass is 9.72. The summed E-state index contributed by atoms with van der Waals surface area (Å²) in [5.74, 6) is 0.483.